The van der Waals surface area contributed by atoms with Crippen molar-refractivity contribution in [3.8, 4) is 0 Å². The van der Waals surface area contributed by atoms with E-state index in [0.717, 1.165) is 30.2 Å². The van der Waals surface area contributed by atoms with E-state index in [1.54, 1.807) is 0 Å². The van der Waals surface area contributed by atoms with Crippen molar-refractivity contribution >= 4 is 5.91 Å². The summed E-state index contributed by atoms with van der Waals surface area (Å²) in [5.41, 5.74) is 0. The topological polar surface area (TPSA) is 29.1 Å². The van der Waals surface area contributed by atoms with E-state index in [1.165, 1.54) is 32.1 Å². The maximum absolute atomic E-state index is 12.0. The van der Waals surface area contributed by atoms with E-state index >= 15 is 0 Å². The third-order valence-corrected chi connectivity index (χ3v) is 4.88. The molecule has 4 bridgehead atoms. The fourth-order valence-electron chi connectivity index (χ4n) is 4.65. The lowest BCUT2D eigenvalue weighted by atomic mass is 9.51. The minimum Gasteiger partial charge on any atom is -0.356 e. The molecular formula is C13H21NO. The largest absolute Gasteiger partial charge is 0.356 e. The van der Waals surface area contributed by atoms with Crippen LogP contribution in [0.15, 0.2) is 0 Å². The summed E-state index contributed by atoms with van der Waals surface area (Å²) in [6.07, 6.45) is 6.84. The Morgan fingerprint density at radius 1 is 1.07 bits per heavy atom. The number of carbonyl (C=O) groups excluding carboxylic acids is 1. The number of hydrogen-bond donors (Lipinski definition) is 1. The summed E-state index contributed by atoms with van der Waals surface area (Å²) in [4.78, 5) is 12.0. The third kappa shape index (κ3) is 1.49. The van der Waals surface area contributed by atoms with Gasteiger partial charge < -0.3 is 5.32 Å². The lowest BCUT2D eigenvalue weighted by Crippen LogP contribution is -2.50. The van der Waals surface area contributed by atoms with Gasteiger partial charge in [0.1, 0.15) is 0 Å². The van der Waals surface area contributed by atoms with Crippen LogP contribution in [0.2, 0.25) is 0 Å². The maximum atomic E-state index is 12.0. The fraction of sp³-hybridized carbons (Fsp3) is 0.923. The highest BCUT2D eigenvalue weighted by molar-refractivity contribution is 5.79. The van der Waals surface area contributed by atoms with Crippen LogP contribution in [0.25, 0.3) is 0 Å². The Morgan fingerprint density at radius 2 is 1.60 bits per heavy atom. The van der Waals surface area contributed by atoms with Gasteiger partial charge in [0.05, 0.1) is 0 Å². The van der Waals surface area contributed by atoms with Crippen molar-refractivity contribution in [2.24, 2.45) is 29.6 Å². The highest BCUT2D eigenvalue weighted by atomic mass is 16.1. The van der Waals surface area contributed by atoms with Gasteiger partial charge in [0.2, 0.25) is 5.91 Å². The van der Waals surface area contributed by atoms with Crippen molar-refractivity contribution in [1.29, 1.82) is 0 Å². The van der Waals surface area contributed by atoms with Gasteiger partial charge in [0, 0.05) is 12.5 Å². The number of carbonyl (C=O) groups is 1. The second-order valence-electron chi connectivity index (χ2n) is 5.85. The van der Waals surface area contributed by atoms with Crippen LogP contribution in [-0.2, 0) is 4.79 Å². The van der Waals surface area contributed by atoms with Gasteiger partial charge in [-0.05, 0) is 62.7 Å². The summed E-state index contributed by atoms with van der Waals surface area (Å²) in [5.74, 6) is 4.13. The van der Waals surface area contributed by atoms with E-state index in [1.807, 2.05) is 6.92 Å². The summed E-state index contributed by atoms with van der Waals surface area (Å²) in [7, 11) is 0. The van der Waals surface area contributed by atoms with Crippen molar-refractivity contribution in [1.82, 2.24) is 5.32 Å². The Balaban J connectivity index is 1.77. The molecule has 2 heteroatoms. The van der Waals surface area contributed by atoms with Gasteiger partial charge in [-0.15, -0.1) is 0 Å². The van der Waals surface area contributed by atoms with E-state index in [0.29, 0.717) is 11.8 Å². The van der Waals surface area contributed by atoms with E-state index in [2.05, 4.69) is 5.32 Å². The number of amides is 1. The maximum Gasteiger partial charge on any atom is 0.223 e. The molecule has 1 N–H and O–H groups in total. The Bertz CT molecular complexity index is 246. The monoisotopic (exact) mass is 207 g/mol. The smallest absolute Gasteiger partial charge is 0.223 e. The Hall–Kier alpha value is -0.530. The molecule has 0 radical (unpaired) electrons. The lowest BCUT2D eigenvalue weighted by molar-refractivity contribution is -0.138. The van der Waals surface area contributed by atoms with E-state index < -0.39 is 0 Å². The highest BCUT2D eigenvalue weighted by Gasteiger charge is 2.50. The van der Waals surface area contributed by atoms with Gasteiger partial charge in [-0.25, -0.2) is 0 Å². The predicted octanol–water partition coefficient (Wildman–Crippen LogP) is 2.19. The number of hydrogen-bond acceptors (Lipinski definition) is 1. The molecule has 4 fully saturated rings. The van der Waals surface area contributed by atoms with Crippen molar-refractivity contribution < 1.29 is 4.79 Å². The number of nitrogens with one attached hydrogen (secondary N) is 1. The standard InChI is InChI=1S/C13H21NO/c1-2-14-13(15)12-10-4-8-3-9(6-10)7-11(12)5-8/h8-12H,2-7H2,1H3,(H,14,15). The summed E-state index contributed by atoms with van der Waals surface area (Å²) in [5, 5.41) is 3.03. The zero-order valence-electron chi connectivity index (χ0n) is 9.54. The molecular weight excluding hydrogens is 186 g/mol. The molecule has 0 heterocycles. The first kappa shape index (κ1) is 9.68. The van der Waals surface area contributed by atoms with Crippen molar-refractivity contribution in [2.45, 2.75) is 39.0 Å². The molecule has 4 aliphatic carbocycles. The molecule has 84 valence electrons. The normalized spacial score (nSPS) is 46.9. The van der Waals surface area contributed by atoms with Crippen molar-refractivity contribution in [2.75, 3.05) is 6.54 Å². The van der Waals surface area contributed by atoms with Gasteiger partial charge in [-0.3, -0.25) is 4.79 Å². The summed E-state index contributed by atoms with van der Waals surface area (Å²) >= 11 is 0. The van der Waals surface area contributed by atoms with E-state index in [-0.39, 0.29) is 0 Å². The van der Waals surface area contributed by atoms with Gasteiger partial charge in [-0.2, -0.15) is 0 Å². The van der Waals surface area contributed by atoms with Crippen molar-refractivity contribution in [3.63, 3.8) is 0 Å². The molecule has 2 nitrogen and oxygen atoms in total. The minimum absolute atomic E-state index is 0.353. The molecule has 0 aromatic carbocycles. The Labute approximate surface area is 91.8 Å². The van der Waals surface area contributed by atoms with Gasteiger partial charge in [0.25, 0.3) is 0 Å². The molecule has 0 saturated heterocycles. The Kier molecular flexibility index (Phi) is 2.26. The average molecular weight is 207 g/mol. The fourth-order valence-corrected chi connectivity index (χ4v) is 4.65. The second-order valence-corrected chi connectivity index (χ2v) is 5.85. The predicted molar refractivity (Wildman–Crippen MR) is 59.2 cm³/mol. The molecule has 0 unspecified atom stereocenters. The van der Waals surface area contributed by atoms with Crippen LogP contribution in [0, 0.1) is 29.6 Å². The highest BCUT2D eigenvalue weighted by Crippen LogP contribution is 2.56. The van der Waals surface area contributed by atoms with Crippen LogP contribution in [0.4, 0.5) is 0 Å². The average Bonchev–Trinajstić information content (AvgIpc) is 2.15. The molecule has 1 amide bonds. The first-order chi connectivity index (χ1) is 7.28. The van der Waals surface area contributed by atoms with Crippen LogP contribution in [0.5, 0.6) is 0 Å². The molecule has 4 aliphatic rings. The summed E-state index contributed by atoms with van der Waals surface area (Å²) in [6, 6.07) is 0. The quantitative estimate of drug-likeness (QED) is 0.739. The molecule has 4 saturated carbocycles. The van der Waals surface area contributed by atoms with Crippen LogP contribution < -0.4 is 5.32 Å². The van der Waals surface area contributed by atoms with Crippen LogP contribution in [0.1, 0.15) is 39.0 Å². The molecule has 4 rings (SSSR count). The second kappa shape index (κ2) is 3.50. The van der Waals surface area contributed by atoms with Crippen LogP contribution >= 0.6 is 0 Å². The first-order valence-electron chi connectivity index (χ1n) is 6.55. The SMILES string of the molecule is CCNC(=O)C1C2CC3CC(C2)CC1C3. The number of rotatable bonds is 2. The molecule has 15 heavy (non-hydrogen) atoms. The van der Waals surface area contributed by atoms with Gasteiger partial charge in [-0.1, -0.05) is 0 Å². The molecule has 0 atom stereocenters. The summed E-state index contributed by atoms with van der Waals surface area (Å²) in [6.45, 7) is 2.82. The van der Waals surface area contributed by atoms with Crippen LogP contribution in [-0.4, -0.2) is 12.5 Å². The van der Waals surface area contributed by atoms with Gasteiger partial charge >= 0.3 is 0 Å². The first-order valence-corrected chi connectivity index (χ1v) is 6.55. The van der Waals surface area contributed by atoms with Crippen LogP contribution in [0.3, 0.4) is 0 Å². The lowest BCUT2D eigenvalue weighted by Gasteiger charge is -2.53. The zero-order valence-corrected chi connectivity index (χ0v) is 9.54. The Morgan fingerprint density at radius 3 is 2.07 bits per heavy atom. The van der Waals surface area contributed by atoms with Crippen molar-refractivity contribution in [3.05, 3.63) is 0 Å². The third-order valence-electron chi connectivity index (χ3n) is 4.88. The summed E-state index contributed by atoms with van der Waals surface area (Å²) < 4.78 is 0. The van der Waals surface area contributed by atoms with E-state index in [9.17, 15) is 4.79 Å². The molecule has 0 spiro atoms. The van der Waals surface area contributed by atoms with Gasteiger partial charge in [0.15, 0.2) is 0 Å². The molecule has 0 aromatic heterocycles. The molecule has 0 aliphatic heterocycles. The molecule has 0 aromatic rings. The zero-order chi connectivity index (χ0) is 10.4. The van der Waals surface area contributed by atoms with E-state index in [4.69, 9.17) is 0 Å². The minimum atomic E-state index is 0.353.